The number of allylic oxidation sites excluding steroid dienone is 16. The van der Waals surface area contributed by atoms with Crippen molar-refractivity contribution in [2.45, 2.75) is 348 Å². The number of hydrogen-bond acceptors (Lipinski definition) is 32. The van der Waals surface area contributed by atoms with Crippen LogP contribution in [0.25, 0.3) is 0 Å². The zero-order chi connectivity index (χ0) is 105. The molecule has 136 heavy (non-hydrogen) atoms. The Morgan fingerprint density at radius 1 is 0.279 bits per heavy atom. The Hall–Kier alpha value is -5.36. The Balaban J connectivity index is -0.000000235. The van der Waals surface area contributed by atoms with Gasteiger partial charge in [0.25, 0.3) is 0 Å². The van der Waals surface area contributed by atoms with Crippen LogP contribution < -0.4 is 0 Å². The van der Waals surface area contributed by atoms with E-state index >= 15 is 0 Å². The zero-order valence-electron chi connectivity index (χ0n) is 87.9. The van der Waals surface area contributed by atoms with E-state index in [1.807, 2.05) is 111 Å². The second-order valence-corrected chi connectivity index (χ2v) is 32.2. The second kappa shape index (κ2) is 112. The summed E-state index contributed by atoms with van der Waals surface area (Å²) in [5.74, 6) is -2.57. The first-order valence-electron chi connectivity index (χ1n) is 46.5. The van der Waals surface area contributed by atoms with Crippen LogP contribution in [0, 0.1) is 0 Å². The van der Waals surface area contributed by atoms with Gasteiger partial charge in [-0.3, -0.25) is 45.6 Å². The molecule has 0 radical (unpaired) electrons. The number of aryl methyl sites for hydroxylation is 2. The van der Waals surface area contributed by atoms with Gasteiger partial charge in [0.05, 0.1) is 35.9 Å². The summed E-state index contributed by atoms with van der Waals surface area (Å²) in [6.45, 7) is 76.3. The van der Waals surface area contributed by atoms with Gasteiger partial charge >= 0.3 is 69.5 Å². The molecule has 0 aliphatic carbocycles. The SMILES string of the molecule is CC(C)=CCCC(C)=CCCn1cc(CC(C)(OP=O)OP=O)nn1.CC(C)=CCCC(C)=CCCn1cc(CC(OP=O)OP=O)nn1.CC(C)=CCCC(C)=CCn1cc(CC(C)(OP=O)OP=O)nn1.CC(C)=CCCC(C)=CCn1cc(CC(OP=O)OP=O)nn1.CCOCC.CCOCC.CCOCC.CCOCC.CCOCC.CCOCC.CCOCC.CCOCC. The minimum atomic E-state index is -1.29. The first-order valence-corrected chi connectivity index (χ1v) is 52.3. The van der Waals surface area contributed by atoms with E-state index in [4.69, 9.17) is 74.1 Å². The van der Waals surface area contributed by atoms with Crippen LogP contribution in [0.5, 0.6) is 0 Å². The van der Waals surface area contributed by atoms with Crippen LogP contribution in [0.4, 0.5) is 0 Å². The molecule has 0 saturated carbocycles. The summed E-state index contributed by atoms with van der Waals surface area (Å²) < 4.78 is 169. The Labute approximate surface area is 829 Å². The largest absolute Gasteiger partial charge is 0.382 e. The summed E-state index contributed by atoms with van der Waals surface area (Å²) in [5, 5.41) is 32.2. The molecule has 0 unspecified atom stereocenters. The van der Waals surface area contributed by atoms with Gasteiger partial charge in [-0.1, -0.05) is 114 Å². The van der Waals surface area contributed by atoms with E-state index in [0.29, 0.717) is 42.4 Å². The third-order valence-corrected chi connectivity index (χ3v) is 19.4. The quantitative estimate of drug-likeness (QED) is 0.0225. The summed E-state index contributed by atoms with van der Waals surface area (Å²) in [7, 11) is -4.35. The zero-order valence-corrected chi connectivity index (χ0v) is 95.0. The predicted octanol–water partition coefficient (Wildman–Crippen LogP) is 27.0. The molecule has 0 atom stereocenters. The minimum absolute atomic E-state index is 0.181. The Morgan fingerprint density at radius 3 is 0.684 bits per heavy atom. The topological polar surface area (TPSA) is 407 Å². The van der Waals surface area contributed by atoms with Crippen molar-refractivity contribution < 1.29 is 111 Å². The van der Waals surface area contributed by atoms with E-state index in [-0.39, 0.29) is 25.7 Å². The average molecular weight is 2080 g/mol. The second-order valence-electron chi connectivity index (χ2n) is 29.4. The molecule has 0 aliphatic rings. The van der Waals surface area contributed by atoms with Gasteiger partial charge in [-0.25, -0.2) is 45.9 Å². The monoisotopic (exact) mass is 2080 g/mol. The van der Waals surface area contributed by atoms with E-state index in [0.717, 1.165) is 176 Å². The number of nitrogens with zero attached hydrogens (tertiary/aromatic N) is 12. The van der Waals surface area contributed by atoms with Gasteiger partial charge in [0, 0.05) is 169 Å². The molecular formula is C92H172N12O24P8. The lowest BCUT2D eigenvalue weighted by Crippen LogP contribution is -2.29. The molecule has 4 rings (SSSR count). The number of aromatic nitrogens is 12. The van der Waals surface area contributed by atoms with Crippen molar-refractivity contribution in [2.24, 2.45) is 0 Å². The van der Waals surface area contributed by atoms with Crippen molar-refractivity contribution >= 4 is 69.5 Å². The maximum Gasteiger partial charge on any atom is 0.330 e. The molecule has 4 aromatic heterocycles. The highest BCUT2D eigenvalue weighted by molar-refractivity contribution is 7.19. The van der Waals surface area contributed by atoms with Crippen LogP contribution in [0.1, 0.15) is 295 Å². The molecule has 44 heteroatoms. The highest BCUT2D eigenvalue weighted by Crippen LogP contribution is 2.29. The van der Waals surface area contributed by atoms with Gasteiger partial charge in [0.1, 0.15) is 0 Å². The Bertz CT molecular complexity index is 3570. The fourth-order valence-corrected chi connectivity index (χ4v) is 11.9. The molecular weight excluding hydrogens is 1900 g/mol. The third kappa shape index (κ3) is 109. The van der Waals surface area contributed by atoms with Gasteiger partial charge in [-0.2, -0.15) is 0 Å². The van der Waals surface area contributed by atoms with Crippen molar-refractivity contribution in [3.8, 4) is 0 Å². The average Bonchev–Trinajstić information content (AvgIpc) is 1.76. The van der Waals surface area contributed by atoms with Crippen molar-refractivity contribution in [1.82, 2.24) is 60.0 Å². The maximum atomic E-state index is 10.6. The summed E-state index contributed by atoms with van der Waals surface area (Å²) in [6.07, 6.45) is 33.7. The first kappa shape index (κ1) is 146. The van der Waals surface area contributed by atoms with E-state index in [1.54, 1.807) is 50.4 Å². The molecule has 0 amide bonds. The van der Waals surface area contributed by atoms with Gasteiger partial charge in [0.2, 0.25) is 0 Å². The lowest BCUT2D eigenvalue weighted by Gasteiger charge is -2.20. The molecule has 4 aromatic rings. The van der Waals surface area contributed by atoms with Gasteiger partial charge in [-0.05, 0) is 272 Å². The number of rotatable bonds is 62. The Kier molecular flexibility index (Phi) is 120. The lowest BCUT2D eigenvalue weighted by molar-refractivity contribution is -0.0813. The minimum Gasteiger partial charge on any atom is -0.382 e. The molecule has 0 N–H and O–H groups in total. The van der Waals surface area contributed by atoms with Crippen molar-refractivity contribution in [3.05, 3.63) is 141 Å². The van der Waals surface area contributed by atoms with Crippen molar-refractivity contribution in [1.29, 1.82) is 0 Å². The highest BCUT2D eigenvalue weighted by Gasteiger charge is 2.31. The Morgan fingerprint density at radius 2 is 0.478 bits per heavy atom. The van der Waals surface area contributed by atoms with E-state index < -0.39 is 93.7 Å². The molecule has 4 heterocycles. The summed E-state index contributed by atoms with van der Waals surface area (Å²) >= 11 is 0. The summed E-state index contributed by atoms with van der Waals surface area (Å²) in [6, 6.07) is 0. The molecule has 0 spiro atoms. The van der Waals surface area contributed by atoms with Crippen LogP contribution in [-0.4, -0.2) is 190 Å². The van der Waals surface area contributed by atoms with Crippen LogP contribution in [0.3, 0.4) is 0 Å². The molecule has 784 valence electrons. The third-order valence-electron chi connectivity index (χ3n) is 16.3. The van der Waals surface area contributed by atoms with Crippen molar-refractivity contribution in [2.75, 3.05) is 106 Å². The standard InChI is InChI=1S/C16H25N3O4P2.2C15H23N3O4P2.C14H21N3O4P2.8C4H10O/c1-13(2)7-5-8-14(3)9-6-10-19-12-15(17-18-19)11-16(4,22-24-20)23-25-21;1-12(2)6-5-7-13(3)8-9-18-11-14(16-17-18)10-15(4,21-23-19)22-24-20;1-12(2)6-4-7-13(3)8-5-9-18-11-14(16-17-18)10-15(21-23-19)22-24-20;1-11(2)5-4-6-12(3)7-8-17-10-13(15-16-17)9-14(20-22-18)21-23-19;8*1-3-5-4-2/h7,9,12H,5-6,8,10-11H2,1-4H3;6,8,11H,5,7,9-10H2,1-4H3;6,8,11,15H,4-5,7,9-10H2,1-3H3;5,7,10,14H,4,6,8-9H2,1-3H3;8*3-4H2,1-2H3. The van der Waals surface area contributed by atoms with Gasteiger partial charge in [0.15, 0.2) is 24.2 Å². The van der Waals surface area contributed by atoms with Gasteiger partial charge in [-0.15, -0.1) is 20.4 Å². The molecule has 0 bridgehead atoms. The predicted molar refractivity (Wildman–Crippen MR) is 545 cm³/mol. The molecule has 36 nitrogen and oxygen atoms in total. The molecule has 0 aliphatic heterocycles. The fourth-order valence-electron chi connectivity index (χ4n) is 9.74. The van der Waals surface area contributed by atoms with Crippen LogP contribution >= 0.6 is 69.5 Å². The van der Waals surface area contributed by atoms with Crippen LogP contribution in [-0.2, 0) is 162 Å². The smallest absolute Gasteiger partial charge is 0.330 e. The normalized spacial score (nSPS) is 12.4. The number of ether oxygens (including phenoxy) is 8. The summed E-state index contributed by atoms with van der Waals surface area (Å²) in [4.78, 5) is 0. The number of hydrogen-bond donors (Lipinski definition) is 0. The highest BCUT2D eigenvalue weighted by atomic mass is 31.1. The van der Waals surface area contributed by atoms with E-state index in [1.165, 1.54) is 51.5 Å². The van der Waals surface area contributed by atoms with Crippen LogP contribution in [0.15, 0.2) is 118 Å². The fraction of sp³-hybridized carbons (Fsp3) is 0.739. The first-order chi connectivity index (χ1) is 65.2. The molecule has 0 aromatic carbocycles. The molecule has 0 saturated heterocycles. The lowest BCUT2D eigenvalue weighted by atomic mass is 10.1. The summed E-state index contributed by atoms with van der Waals surface area (Å²) in [5.41, 5.74) is 13.1. The maximum absolute atomic E-state index is 10.6. The van der Waals surface area contributed by atoms with Crippen molar-refractivity contribution in [3.63, 3.8) is 0 Å². The van der Waals surface area contributed by atoms with Crippen LogP contribution in [0.2, 0.25) is 0 Å². The van der Waals surface area contributed by atoms with E-state index in [2.05, 4.69) is 173 Å². The van der Waals surface area contributed by atoms with E-state index in [9.17, 15) is 36.5 Å². The molecule has 0 fully saturated rings. The van der Waals surface area contributed by atoms with Gasteiger partial charge < -0.3 is 37.9 Å².